The van der Waals surface area contributed by atoms with Gasteiger partial charge in [-0.1, -0.05) is 15.9 Å². The van der Waals surface area contributed by atoms with Gasteiger partial charge in [-0.3, -0.25) is 10.1 Å². The Morgan fingerprint density at radius 1 is 1.43 bits per heavy atom. The molecule has 7 heteroatoms. The second-order valence-corrected chi connectivity index (χ2v) is 3.99. The molecule has 5 nitrogen and oxygen atoms in total. The molecule has 0 heterocycles. The second-order valence-electron chi connectivity index (χ2n) is 2.22. The highest BCUT2D eigenvalue weighted by molar-refractivity contribution is 9.11. The van der Waals surface area contributed by atoms with Crippen LogP contribution in [0, 0.1) is 10.1 Å². The van der Waals surface area contributed by atoms with Crippen LogP contribution in [0.25, 0.3) is 0 Å². The van der Waals surface area contributed by atoms with Crippen molar-refractivity contribution in [2.24, 2.45) is 4.99 Å². The van der Waals surface area contributed by atoms with Crippen molar-refractivity contribution in [2.75, 3.05) is 0 Å². The molecule has 0 unspecified atom stereocenters. The van der Waals surface area contributed by atoms with Gasteiger partial charge in [-0.05, 0) is 22.0 Å². The Balaban J connectivity index is 3.51. The number of hydrogen-bond donors (Lipinski definition) is 0. The Kier molecular flexibility index (Phi) is 3.51. The zero-order chi connectivity index (χ0) is 10.7. The summed E-state index contributed by atoms with van der Waals surface area (Å²) in [4.78, 5) is 23.2. The van der Waals surface area contributed by atoms with Gasteiger partial charge in [0, 0.05) is 10.5 Å². The van der Waals surface area contributed by atoms with E-state index in [9.17, 15) is 14.9 Å². The SMILES string of the molecule is O=C=Nc1c(Br)cc(Br)cc1[N+](=O)[O-]. The lowest BCUT2D eigenvalue weighted by atomic mass is 10.3. The number of carbonyl (C=O) groups excluding carboxylic acids is 1. The number of aliphatic imine (C=N–C) groups is 1. The van der Waals surface area contributed by atoms with Crippen LogP contribution in [0.15, 0.2) is 26.1 Å². The van der Waals surface area contributed by atoms with Crippen molar-refractivity contribution >= 4 is 49.3 Å². The molecule has 0 aliphatic rings. The van der Waals surface area contributed by atoms with Gasteiger partial charge in [0.15, 0.2) is 5.69 Å². The van der Waals surface area contributed by atoms with Crippen LogP contribution in [0.4, 0.5) is 11.4 Å². The van der Waals surface area contributed by atoms with Crippen molar-refractivity contribution in [2.45, 2.75) is 0 Å². The number of isocyanates is 1. The van der Waals surface area contributed by atoms with Gasteiger partial charge in [0.25, 0.3) is 5.69 Å². The van der Waals surface area contributed by atoms with Gasteiger partial charge in [-0.2, -0.15) is 4.99 Å². The maximum Gasteiger partial charge on any atom is 0.298 e. The minimum absolute atomic E-state index is 0.0341. The van der Waals surface area contributed by atoms with E-state index in [4.69, 9.17) is 0 Å². The molecule has 1 aromatic rings. The average Bonchev–Trinajstić information content (AvgIpc) is 2.09. The Morgan fingerprint density at radius 3 is 2.57 bits per heavy atom. The fourth-order valence-electron chi connectivity index (χ4n) is 0.848. The third kappa shape index (κ3) is 2.25. The normalized spacial score (nSPS) is 9.29. The number of benzene rings is 1. The lowest BCUT2D eigenvalue weighted by Crippen LogP contribution is -1.89. The summed E-state index contributed by atoms with van der Waals surface area (Å²) in [5.74, 6) is 0. The molecule has 0 aromatic heterocycles. The Bertz CT molecular complexity index is 441. The minimum atomic E-state index is -0.619. The van der Waals surface area contributed by atoms with Crippen LogP contribution in [0.1, 0.15) is 0 Å². The Hall–Kier alpha value is -1.04. The topological polar surface area (TPSA) is 72.6 Å². The molecule has 1 rings (SSSR count). The molecule has 0 saturated heterocycles. The van der Waals surface area contributed by atoms with Crippen molar-refractivity contribution in [3.8, 4) is 0 Å². The van der Waals surface area contributed by atoms with Crippen molar-refractivity contribution in [1.29, 1.82) is 0 Å². The summed E-state index contributed by atoms with van der Waals surface area (Å²) in [6, 6.07) is 2.82. The molecular formula is C7H2Br2N2O3. The molecule has 0 N–H and O–H groups in total. The first kappa shape index (κ1) is 11.0. The van der Waals surface area contributed by atoms with E-state index in [1.807, 2.05) is 0 Å². The maximum absolute atomic E-state index is 10.6. The van der Waals surface area contributed by atoms with Gasteiger partial charge < -0.3 is 0 Å². The van der Waals surface area contributed by atoms with Gasteiger partial charge in [0.05, 0.1) is 9.40 Å². The monoisotopic (exact) mass is 320 g/mol. The third-order valence-corrected chi connectivity index (χ3v) is 2.42. The number of halogens is 2. The lowest BCUT2D eigenvalue weighted by molar-refractivity contribution is -0.384. The van der Waals surface area contributed by atoms with Crippen LogP contribution in [0.2, 0.25) is 0 Å². The van der Waals surface area contributed by atoms with E-state index in [-0.39, 0.29) is 11.4 Å². The summed E-state index contributed by atoms with van der Waals surface area (Å²) >= 11 is 6.15. The van der Waals surface area contributed by atoms with Crippen molar-refractivity contribution in [3.63, 3.8) is 0 Å². The number of hydrogen-bond acceptors (Lipinski definition) is 4. The highest BCUT2D eigenvalue weighted by atomic mass is 79.9. The van der Waals surface area contributed by atoms with Crippen molar-refractivity contribution < 1.29 is 9.72 Å². The summed E-state index contributed by atoms with van der Waals surface area (Å²) in [7, 11) is 0. The van der Waals surface area contributed by atoms with Crippen molar-refractivity contribution in [3.05, 3.63) is 31.2 Å². The van der Waals surface area contributed by atoms with E-state index in [0.717, 1.165) is 0 Å². The smallest absolute Gasteiger partial charge is 0.258 e. The van der Waals surface area contributed by atoms with Gasteiger partial charge in [0.1, 0.15) is 0 Å². The summed E-state index contributed by atoms with van der Waals surface area (Å²) in [5.41, 5.74) is -0.289. The molecule has 72 valence electrons. The standard InChI is InChI=1S/C7H2Br2N2O3/c8-4-1-5(9)7(10-3-12)6(2-4)11(13)14/h1-2H. The van der Waals surface area contributed by atoms with Gasteiger partial charge in [0.2, 0.25) is 6.08 Å². The molecule has 14 heavy (non-hydrogen) atoms. The molecule has 0 saturated carbocycles. The zero-order valence-corrected chi connectivity index (χ0v) is 9.70. The van der Waals surface area contributed by atoms with E-state index in [1.54, 1.807) is 6.07 Å². The predicted molar refractivity (Wildman–Crippen MR) is 56.3 cm³/mol. The Labute approximate surface area is 95.2 Å². The van der Waals surface area contributed by atoms with Crippen LogP contribution >= 0.6 is 31.9 Å². The van der Waals surface area contributed by atoms with Crippen LogP contribution in [0.3, 0.4) is 0 Å². The van der Waals surface area contributed by atoms with Crippen molar-refractivity contribution in [1.82, 2.24) is 0 Å². The van der Waals surface area contributed by atoms with E-state index in [1.165, 1.54) is 12.1 Å². The molecule has 0 bridgehead atoms. The quantitative estimate of drug-likeness (QED) is 0.363. The van der Waals surface area contributed by atoms with E-state index >= 15 is 0 Å². The molecule has 0 atom stereocenters. The molecule has 0 fully saturated rings. The summed E-state index contributed by atoms with van der Waals surface area (Å²) in [6.45, 7) is 0. The number of nitro benzene ring substituents is 1. The summed E-state index contributed by atoms with van der Waals surface area (Å²) in [6.07, 6.45) is 1.26. The molecule has 0 radical (unpaired) electrons. The predicted octanol–water partition coefficient (Wildman–Crippen LogP) is 3.09. The van der Waals surface area contributed by atoms with Gasteiger partial charge in [-0.25, -0.2) is 4.79 Å². The van der Waals surface area contributed by atoms with E-state index < -0.39 is 4.92 Å². The number of nitrogens with zero attached hydrogens (tertiary/aromatic N) is 2. The highest BCUT2D eigenvalue weighted by Gasteiger charge is 2.17. The summed E-state index contributed by atoms with van der Waals surface area (Å²) in [5, 5.41) is 10.6. The third-order valence-electron chi connectivity index (χ3n) is 1.36. The molecule has 0 spiro atoms. The molecule has 0 aliphatic heterocycles. The first-order chi connectivity index (χ1) is 6.56. The number of nitro groups is 1. The van der Waals surface area contributed by atoms with Gasteiger partial charge >= 0.3 is 0 Å². The molecule has 0 amide bonds. The van der Waals surface area contributed by atoms with Crippen LogP contribution in [0.5, 0.6) is 0 Å². The largest absolute Gasteiger partial charge is 0.298 e. The highest BCUT2D eigenvalue weighted by Crippen LogP contribution is 2.37. The van der Waals surface area contributed by atoms with E-state index in [0.29, 0.717) is 8.95 Å². The molecular weight excluding hydrogens is 320 g/mol. The summed E-state index contributed by atoms with van der Waals surface area (Å²) < 4.78 is 0.892. The molecule has 1 aromatic carbocycles. The first-order valence-corrected chi connectivity index (χ1v) is 4.86. The maximum atomic E-state index is 10.6. The number of rotatable bonds is 2. The van der Waals surface area contributed by atoms with Crippen LogP contribution in [-0.4, -0.2) is 11.0 Å². The van der Waals surface area contributed by atoms with Crippen LogP contribution in [-0.2, 0) is 4.79 Å². The minimum Gasteiger partial charge on any atom is -0.258 e. The van der Waals surface area contributed by atoms with Crippen LogP contribution < -0.4 is 0 Å². The average molecular weight is 322 g/mol. The van der Waals surface area contributed by atoms with Gasteiger partial charge in [-0.15, -0.1) is 0 Å². The second kappa shape index (κ2) is 4.45. The lowest BCUT2D eigenvalue weighted by Gasteiger charge is -1.99. The molecule has 0 aliphatic carbocycles. The zero-order valence-electron chi connectivity index (χ0n) is 6.53. The fraction of sp³-hybridized carbons (Fsp3) is 0. The van der Waals surface area contributed by atoms with E-state index in [2.05, 4.69) is 36.9 Å². The fourth-order valence-corrected chi connectivity index (χ4v) is 2.14. The Morgan fingerprint density at radius 2 is 2.07 bits per heavy atom. The first-order valence-electron chi connectivity index (χ1n) is 3.27.